The van der Waals surface area contributed by atoms with Crippen molar-refractivity contribution in [1.82, 2.24) is 0 Å². The summed E-state index contributed by atoms with van der Waals surface area (Å²) in [6.45, 7) is 2.30. The highest BCUT2D eigenvalue weighted by molar-refractivity contribution is 6.30. The van der Waals surface area contributed by atoms with Gasteiger partial charge in [-0.25, -0.2) is 8.78 Å². The van der Waals surface area contributed by atoms with Crippen molar-refractivity contribution in [2.45, 2.75) is 19.3 Å². The molecule has 4 heteroatoms. The van der Waals surface area contributed by atoms with Gasteiger partial charge in [0.15, 0.2) is 0 Å². The fourth-order valence-electron chi connectivity index (χ4n) is 1.33. The van der Waals surface area contributed by atoms with Crippen LogP contribution in [0.1, 0.15) is 24.8 Å². The van der Waals surface area contributed by atoms with Gasteiger partial charge in [-0.1, -0.05) is 24.6 Å². The van der Waals surface area contributed by atoms with E-state index in [2.05, 4.69) is 0 Å². The van der Waals surface area contributed by atoms with Crippen molar-refractivity contribution in [3.05, 3.63) is 34.4 Å². The van der Waals surface area contributed by atoms with Crippen molar-refractivity contribution in [1.29, 1.82) is 0 Å². The third-order valence-electron chi connectivity index (χ3n) is 2.20. The quantitative estimate of drug-likeness (QED) is 0.777. The van der Waals surface area contributed by atoms with Crippen molar-refractivity contribution in [3.8, 4) is 0 Å². The normalized spacial score (nSPS) is 12.9. The Kier molecular flexibility index (Phi) is 3.84. The van der Waals surface area contributed by atoms with Gasteiger partial charge < -0.3 is 5.73 Å². The Bertz CT molecular complexity index is 328. The number of rotatable bonds is 3. The molecule has 0 amide bonds. The van der Waals surface area contributed by atoms with Gasteiger partial charge in [0.05, 0.1) is 0 Å². The second-order valence-electron chi connectivity index (χ2n) is 3.24. The average molecular weight is 220 g/mol. The highest BCUT2D eigenvalue weighted by atomic mass is 35.5. The number of hydrogen-bond acceptors (Lipinski definition) is 1. The van der Waals surface area contributed by atoms with E-state index in [9.17, 15) is 8.78 Å². The summed E-state index contributed by atoms with van der Waals surface area (Å²) in [6, 6.07) is 2.59. The third-order valence-corrected chi connectivity index (χ3v) is 2.54. The summed E-state index contributed by atoms with van der Waals surface area (Å²) in [4.78, 5) is 0. The Hall–Kier alpha value is -0.670. The number of hydrogen-bond donors (Lipinski definition) is 1. The van der Waals surface area contributed by atoms with Crippen LogP contribution in [0.5, 0.6) is 0 Å². The summed E-state index contributed by atoms with van der Waals surface area (Å²) in [5.41, 5.74) is 5.77. The van der Waals surface area contributed by atoms with E-state index in [0.717, 1.165) is 0 Å². The summed E-state index contributed by atoms with van der Waals surface area (Å²) in [5, 5.41) is -0.439. The Labute approximate surface area is 86.9 Å². The third kappa shape index (κ3) is 2.22. The van der Waals surface area contributed by atoms with Crippen LogP contribution in [0.4, 0.5) is 8.78 Å². The zero-order valence-electron chi connectivity index (χ0n) is 7.86. The molecule has 0 aliphatic heterocycles. The maximum atomic E-state index is 13.4. The molecular weight excluding hydrogens is 208 g/mol. The van der Waals surface area contributed by atoms with E-state index in [1.54, 1.807) is 0 Å². The van der Waals surface area contributed by atoms with Crippen molar-refractivity contribution < 1.29 is 8.78 Å². The monoisotopic (exact) mass is 219 g/mol. The molecule has 0 saturated heterocycles. The summed E-state index contributed by atoms with van der Waals surface area (Å²) in [5.74, 6) is -1.45. The van der Waals surface area contributed by atoms with Crippen LogP contribution >= 0.6 is 11.6 Å². The highest BCUT2D eigenvalue weighted by Gasteiger charge is 2.15. The van der Waals surface area contributed by atoms with E-state index in [0.29, 0.717) is 18.5 Å². The molecule has 1 unspecified atom stereocenters. The van der Waals surface area contributed by atoms with Crippen LogP contribution in [0.2, 0.25) is 5.02 Å². The maximum Gasteiger partial charge on any atom is 0.148 e. The molecular formula is C10H12ClF2N. The molecule has 0 saturated carbocycles. The van der Waals surface area contributed by atoms with Crippen LogP contribution in [0.15, 0.2) is 12.1 Å². The van der Waals surface area contributed by atoms with Gasteiger partial charge in [0.2, 0.25) is 0 Å². The Morgan fingerprint density at radius 3 is 2.64 bits per heavy atom. The second kappa shape index (κ2) is 4.71. The molecule has 1 atom stereocenters. The van der Waals surface area contributed by atoms with Crippen LogP contribution in [0.3, 0.4) is 0 Å². The summed E-state index contributed by atoms with van der Waals surface area (Å²) in [7, 11) is 0. The van der Waals surface area contributed by atoms with Crippen LogP contribution in [-0.2, 0) is 0 Å². The van der Waals surface area contributed by atoms with Crippen molar-refractivity contribution in [2.75, 3.05) is 6.54 Å². The van der Waals surface area contributed by atoms with Crippen molar-refractivity contribution >= 4 is 11.6 Å². The predicted molar refractivity (Wildman–Crippen MR) is 53.5 cm³/mol. The molecule has 1 nitrogen and oxygen atoms in total. The smallest absolute Gasteiger partial charge is 0.148 e. The Balaban J connectivity index is 3.04. The lowest BCUT2D eigenvalue weighted by Gasteiger charge is -2.12. The van der Waals surface area contributed by atoms with Crippen molar-refractivity contribution in [2.24, 2.45) is 5.73 Å². The van der Waals surface area contributed by atoms with Gasteiger partial charge in [0.25, 0.3) is 0 Å². The SMILES string of the molecule is CC(CCN)c1ccc(F)c(Cl)c1F. The molecule has 0 fully saturated rings. The van der Waals surface area contributed by atoms with Crippen LogP contribution in [0.25, 0.3) is 0 Å². The average Bonchev–Trinajstić information content (AvgIpc) is 2.15. The van der Waals surface area contributed by atoms with E-state index in [4.69, 9.17) is 17.3 Å². The Morgan fingerprint density at radius 1 is 1.43 bits per heavy atom. The predicted octanol–water partition coefficient (Wildman–Crippen LogP) is 3.07. The molecule has 14 heavy (non-hydrogen) atoms. The van der Waals surface area contributed by atoms with Gasteiger partial charge in [-0.05, 0) is 30.5 Å². The van der Waals surface area contributed by atoms with Crippen LogP contribution in [-0.4, -0.2) is 6.54 Å². The minimum atomic E-state index is -0.729. The zero-order chi connectivity index (χ0) is 10.7. The molecule has 1 aromatic rings. The highest BCUT2D eigenvalue weighted by Crippen LogP contribution is 2.28. The van der Waals surface area contributed by atoms with Crippen molar-refractivity contribution in [3.63, 3.8) is 0 Å². The summed E-state index contributed by atoms with van der Waals surface area (Å²) >= 11 is 5.45. The molecule has 1 rings (SSSR count). The van der Waals surface area contributed by atoms with Gasteiger partial charge in [-0.2, -0.15) is 0 Å². The van der Waals surface area contributed by atoms with E-state index in [1.807, 2.05) is 6.92 Å². The summed E-state index contributed by atoms with van der Waals surface area (Å²) < 4.78 is 26.2. The van der Waals surface area contributed by atoms with Gasteiger partial charge in [-0.15, -0.1) is 0 Å². The molecule has 2 N–H and O–H groups in total. The molecule has 0 aliphatic rings. The number of nitrogens with two attached hydrogens (primary N) is 1. The minimum absolute atomic E-state index is 0.0434. The maximum absolute atomic E-state index is 13.4. The fourth-order valence-corrected chi connectivity index (χ4v) is 1.50. The first-order valence-corrected chi connectivity index (χ1v) is 4.79. The number of halogens is 3. The minimum Gasteiger partial charge on any atom is -0.330 e. The van der Waals surface area contributed by atoms with Gasteiger partial charge in [0.1, 0.15) is 16.7 Å². The van der Waals surface area contributed by atoms with Crippen LogP contribution in [0, 0.1) is 11.6 Å². The molecule has 0 heterocycles. The molecule has 0 bridgehead atoms. The van der Waals surface area contributed by atoms with Gasteiger partial charge in [-0.3, -0.25) is 0 Å². The molecule has 0 radical (unpaired) electrons. The van der Waals surface area contributed by atoms with Gasteiger partial charge >= 0.3 is 0 Å². The van der Waals surface area contributed by atoms with E-state index in [-0.39, 0.29) is 5.92 Å². The van der Waals surface area contributed by atoms with Gasteiger partial charge in [0, 0.05) is 0 Å². The first kappa shape index (κ1) is 11.4. The molecule has 0 aliphatic carbocycles. The number of benzene rings is 1. The molecule has 0 aromatic heterocycles. The first-order chi connectivity index (χ1) is 6.57. The molecule has 1 aromatic carbocycles. The fraction of sp³-hybridized carbons (Fsp3) is 0.400. The lowest BCUT2D eigenvalue weighted by molar-refractivity contribution is 0.553. The van der Waals surface area contributed by atoms with E-state index in [1.165, 1.54) is 12.1 Å². The standard InChI is InChI=1S/C10H12ClF2N/c1-6(4-5-14)7-2-3-8(12)9(11)10(7)13/h2-3,6H,4-5,14H2,1H3. The largest absolute Gasteiger partial charge is 0.330 e. The topological polar surface area (TPSA) is 26.0 Å². The molecule has 78 valence electrons. The van der Waals surface area contributed by atoms with E-state index >= 15 is 0 Å². The molecule has 0 spiro atoms. The lowest BCUT2D eigenvalue weighted by atomic mass is 9.97. The van der Waals surface area contributed by atoms with E-state index < -0.39 is 16.7 Å². The second-order valence-corrected chi connectivity index (χ2v) is 3.62. The van der Waals surface area contributed by atoms with Crippen LogP contribution < -0.4 is 5.73 Å². The zero-order valence-corrected chi connectivity index (χ0v) is 8.61. The lowest BCUT2D eigenvalue weighted by Crippen LogP contribution is -2.06. The summed E-state index contributed by atoms with van der Waals surface area (Å²) in [6.07, 6.45) is 0.652. The first-order valence-electron chi connectivity index (χ1n) is 4.41. The Morgan fingerprint density at radius 2 is 2.07 bits per heavy atom.